The molecule has 2 heterocycles. The molecule has 258 valence electrons. The Hall–Kier alpha value is -4.20. The highest BCUT2D eigenvalue weighted by Crippen LogP contribution is 2.35. The summed E-state index contributed by atoms with van der Waals surface area (Å²) in [5.41, 5.74) is 2.24. The van der Waals surface area contributed by atoms with Gasteiger partial charge in [-0.05, 0) is 60.7 Å². The van der Waals surface area contributed by atoms with Gasteiger partial charge >= 0.3 is 0 Å². The predicted octanol–water partition coefficient (Wildman–Crippen LogP) is 4.67. The van der Waals surface area contributed by atoms with Crippen molar-refractivity contribution < 1.29 is 49.7 Å². The number of aliphatic hydroxyl groups is 2. The Morgan fingerprint density at radius 2 is 1.62 bits per heavy atom. The van der Waals surface area contributed by atoms with Crippen LogP contribution in [0.4, 0.5) is 15.9 Å². The van der Waals surface area contributed by atoms with Crippen LogP contribution < -0.4 is 15.4 Å². The van der Waals surface area contributed by atoms with Crippen molar-refractivity contribution in [1.82, 2.24) is 15.3 Å². The molecule has 0 bridgehead atoms. The second-order valence-electron chi connectivity index (χ2n) is 9.96. The molecular weight excluding hydrogens is 695 g/mol. The van der Waals surface area contributed by atoms with Crippen LogP contribution in [0.5, 0.6) is 11.5 Å². The highest BCUT2D eigenvalue weighted by atomic mass is 35.5. The zero-order valence-corrected chi connectivity index (χ0v) is 27.8. The van der Waals surface area contributed by atoms with Crippen molar-refractivity contribution in [2.24, 2.45) is 0 Å². The van der Waals surface area contributed by atoms with Crippen LogP contribution >= 0.6 is 11.6 Å². The summed E-state index contributed by atoms with van der Waals surface area (Å²) >= 11 is 6.42. The lowest BCUT2D eigenvalue weighted by Gasteiger charge is -2.12. The number of aromatic nitrogens is 2. The van der Waals surface area contributed by atoms with Crippen molar-refractivity contribution >= 4 is 54.2 Å². The first-order valence-corrected chi connectivity index (χ1v) is 17.7. The van der Waals surface area contributed by atoms with Crippen LogP contribution in [0.3, 0.4) is 0 Å². The molecular formula is C30H32ClFN4O10S2. The molecule has 0 amide bonds. The smallest absolute Gasteiger partial charge is 0.261 e. The number of fused-ring (bicyclic) bond motifs is 1. The first kappa shape index (κ1) is 38.2. The van der Waals surface area contributed by atoms with Gasteiger partial charge < -0.3 is 30.0 Å². The number of benzene rings is 3. The summed E-state index contributed by atoms with van der Waals surface area (Å²) < 4.78 is 77.3. The Morgan fingerprint density at radius 3 is 2.27 bits per heavy atom. The maximum absolute atomic E-state index is 14.0. The molecule has 0 aliphatic heterocycles. The molecule has 3 aromatic carbocycles. The minimum absolute atomic E-state index is 0.0871. The minimum Gasteiger partial charge on any atom is -0.460 e. The van der Waals surface area contributed by atoms with Crippen molar-refractivity contribution in [2.75, 3.05) is 31.0 Å². The van der Waals surface area contributed by atoms with Crippen molar-refractivity contribution in [3.05, 3.63) is 95.7 Å². The molecule has 5 aromatic rings. The first-order valence-electron chi connectivity index (χ1n) is 13.7. The molecule has 18 heteroatoms. The minimum atomic E-state index is -3.67. The topological polar surface area (TPSA) is 221 Å². The lowest BCUT2D eigenvalue weighted by Crippen LogP contribution is -2.28. The fourth-order valence-corrected chi connectivity index (χ4v) is 4.03. The lowest BCUT2D eigenvalue weighted by molar-refractivity contribution is 0.0938. The monoisotopic (exact) mass is 726 g/mol. The Kier molecular flexibility index (Phi) is 13.8. The van der Waals surface area contributed by atoms with Crippen molar-refractivity contribution in [2.45, 2.75) is 12.6 Å². The van der Waals surface area contributed by atoms with Crippen LogP contribution in [-0.2, 0) is 26.8 Å². The number of rotatable bonds is 10. The number of nitrogens with zero attached hydrogens (tertiary/aromatic N) is 2. The number of hydrogen-bond acceptors (Lipinski definition) is 12. The van der Waals surface area contributed by atoms with E-state index in [-0.39, 0.29) is 18.9 Å². The van der Waals surface area contributed by atoms with E-state index in [1.807, 2.05) is 30.3 Å². The van der Waals surface area contributed by atoms with Gasteiger partial charge in [0.15, 0.2) is 11.6 Å². The van der Waals surface area contributed by atoms with E-state index < -0.39 is 32.2 Å². The normalized spacial score (nSPS) is 11.9. The average molecular weight is 727 g/mol. The fraction of sp³-hybridized carbons (Fsp3) is 0.200. The third kappa shape index (κ3) is 13.5. The highest BCUT2D eigenvalue weighted by molar-refractivity contribution is 7.85. The number of furan rings is 1. The largest absolute Gasteiger partial charge is 0.460 e. The van der Waals surface area contributed by atoms with Crippen LogP contribution in [0.15, 0.2) is 83.5 Å². The van der Waals surface area contributed by atoms with Gasteiger partial charge in [-0.25, -0.2) is 14.4 Å². The number of aliphatic hydroxyl groups excluding tert-OH is 2. The molecule has 0 spiro atoms. The van der Waals surface area contributed by atoms with Gasteiger partial charge in [-0.2, -0.15) is 16.8 Å². The summed E-state index contributed by atoms with van der Waals surface area (Å²) in [7, 11) is -7.33. The second-order valence-corrected chi connectivity index (χ2v) is 13.3. The van der Waals surface area contributed by atoms with E-state index >= 15 is 0 Å². The molecule has 0 aliphatic carbocycles. The molecule has 2 aromatic heterocycles. The molecule has 1 atom stereocenters. The van der Waals surface area contributed by atoms with Gasteiger partial charge in [-0.3, -0.25) is 9.11 Å². The van der Waals surface area contributed by atoms with Crippen molar-refractivity contribution in [1.29, 1.82) is 0 Å². The zero-order valence-electron chi connectivity index (χ0n) is 25.4. The van der Waals surface area contributed by atoms with Crippen LogP contribution in [-0.4, -0.2) is 77.9 Å². The first-order chi connectivity index (χ1) is 22.5. The van der Waals surface area contributed by atoms with Crippen molar-refractivity contribution in [3.8, 4) is 22.8 Å². The van der Waals surface area contributed by atoms with Crippen LogP contribution in [0.1, 0.15) is 5.76 Å². The van der Waals surface area contributed by atoms with Gasteiger partial charge in [0.05, 0.1) is 42.3 Å². The number of para-hydroxylation sites is 1. The van der Waals surface area contributed by atoms with E-state index in [9.17, 15) is 26.3 Å². The Labute approximate surface area is 280 Å². The van der Waals surface area contributed by atoms with Gasteiger partial charge in [-0.15, -0.1) is 0 Å². The Morgan fingerprint density at radius 1 is 0.938 bits per heavy atom. The predicted molar refractivity (Wildman–Crippen MR) is 178 cm³/mol. The molecule has 0 saturated carbocycles. The third-order valence-corrected chi connectivity index (χ3v) is 6.02. The standard InChI is InChI=1S/C28H24ClFN4O4.2CH4O3S/c29-22-12-18(6-9-26(22)38-27-4-2-1-3-23(27)30)34-28-21-11-17(5-8-24(21)32-16-33-28)25-10-7-20(37-25)14-31-13-19(36)15-35;2*1-5(2,3)4/h1-12,16,19,31,35-36H,13-15H2,(H,32,33,34);2*1H3,(H,2,3,4). The number of ether oxygens (including phenoxy) is 1. The molecule has 5 rings (SSSR count). The number of nitrogens with one attached hydrogen (secondary N) is 2. The molecule has 0 radical (unpaired) electrons. The third-order valence-electron chi connectivity index (χ3n) is 5.72. The molecule has 48 heavy (non-hydrogen) atoms. The summed E-state index contributed by atoms with van der Waals surface area (Å²) in [6.07, 6.45) is 2.08. The van der Waals surface area contributed by atoms with Gasteiger partial charge in [0, 0.05) is 23.2 Å². The number of anilines is 2. The SMILES string of the molecule is CS(=O)(=O)O.CS(=O)(=O)O.OCC(O)CNCc1ccc(-c2ccc3ncnc(Nc4ccc(Oc5ccccc5F)c(Cl)c4)c3c2)o1. The quantitative estimate of drug-likeness (QED) is 0.108. The van der Waals surface area contributed by atoms with Crippen LogP contribution in [0, 0.1) is 5.82 Å². The maximum Gasteiger partial charge on any atom is 0.261 e. The summed E-state index contributed by atoms with van der Waals surface area (Å²) in [5, 5.41) is 25.8. The van der Waals surface area contributed by atoms with Gasteiger partial charge in [-0.1, -0.05) is 23.7 Å². The van der Waals surface area contributed by atoms with Crippen molar-refractivity contribution in [3.63, 3.8) is 0 Å². The fourth-order valence-electron chi connectivity index (χ4n) is 3.81. The number of hydrogen-bond donors (Lipinski definition) is 6. The van der Waals surface area contributed by atoms with Crippen LogP contribution in [0.25, 0.3) is 22.2 Å². The molecule has 14 nitrogen and oxygen atoms in total. The molecule has 0 fully saturated rings. The van der Waals surface area contributed by atoms with Crippen LogP contribution in [0.2, 0.25) is 5.02 Å². The van der Waals surface area contributed by atoms with E-state index in [0.29, 0.717) is 52.9 Å². The van der Waals surface area contributed by atoms with Gasteiger partial charge in [0.1, 0.15) is 29.4 Å². The summed E-state index contributed by atoms with van der Waals surface area (Å²) in [6, 6.07) is 20.7. The molecule has 1 unspecified atom stereocenters. The summed E-state index contributed by atoms with van der Waals surface area (Å²) in [4.78, 5) is 8.77. The van der Waals surface area contributed by atoms with E-state index in [4.69, 9.17) is 35.0 Å². The average Bonchev–Trinajstić information content (AvgIpc) is 3.47. The highest BCUT2D eigenvalue weighted by Gasteiger charge is 2.12. The van der Waals surface area contributed by atoms with Gasteiger partial charge in [0.25, 0.3) is 20.2 Å². The Bertz CT molecular complexity index is 2000. The van der Waals surface area contributed by atoms with E-state index in [1.165, 1.54) is 18.5 Å². The molecule has 0 aliphatic rings. The Balaban J connectivity index is 0.000000548. The molecule has 6 N–H and O–H groups in total. The second kappa shape index (κ2) is 17.3. The molecule has 0 saturated heterocycles. The number of halogens is 2. The lowest BCUT2D eigenvalue weighted by atomic mass is 10.1. The van der Waals surface area contributed by atoms with E-state index in [2.05, 4.69) is 20.6 Å². The van der Waals surface area contributed by atoms with E-state index in [1.54, 1.807) is 30.3 Å². The summed E-state index contributed by atoms with van der Waals surface area (Å²) in [5.74, 6) is 1.87. The summed E-state index contributed by atoms with van der Waals surface area (Å²) in [6.45, 7) is 0.372. The maximum atomic E-state index is 14.0. The van der Waals surface area contributed by atoms with E-state index in [0.717, 1.165) is 16.5 Å². The zero-order chi connectivity index (χ0) is 35.5. The van der Waals surface area contributed by atoms with Gasteiger partial charge in [0.2, 0.25) is 0 Å².